The van der Waals surface area contributed by atoms with Gasteiger partial charge < -0.3 is 15.8 Å². The largest absolute Gasteiger partial charge is 0.474 e. The van der Waals surface area contributed by atoms with Crippen LogP contribution in [0.4, 0.5) is 11.5 Å². The third-order valence-electron chi connectivity index (χ3n) is 6.16. The van der Waals surface area contributed by atoms with Gasteiger partial charge in [0.05, 0.1) is 16.0 Å². The Kier molecular flexibility index (Phi) is 6.94. The van der Waals surface area contributed by atoms with Crippen molar-refractivity contribution < 1.29 is 13.2 Å². The van der Waals surface area contributed by atoms with E-state index in [0.717, 1.165) is 47.0 Å². The zero-order chi connectivity index (χ0) is 24.4. The quantitative estimate of drug-likeness (QED) is 0.229. The number of fused-ring (bicyclic) bond motifs is 1. The standard InChI is InChI=1S/C25H26IN5O3S/c26-15-17-16-28-31-23(14-24(30-25(17)31)34-20-10-6-18(27)7-11-20)29-19-8-12-22(13-9-19)35(32,33)21-4-2-1-3-5-21/h1-5,8-9,12-14,16,18,20,29H,6-7,10-11,15,27H2/t18-,20-. The van der Waals surface area contributed by atoms with E-state index in [1.54, 1.807) is 65.3 Å². The lowest BCUT2D eigenvalue weighted by molar-refractivity contribution is 0.141. The maximum atomic E-state index is 12.9. The number of anilines is 2. The van der Waals surface area contributed by atoms with Crippen molar-refractivity contribution in [2.75, 3.05) is 5.32 Å². The Morgan fingerprint density at radius 1 is 1.03 bits per heavy atom. The fourth-order valence-corrected chi connectivity index (χ4v) is 6.03. The van der Waals surface area contributed by atoms with E-state index in [1.165, 1.54) is 0 Å². The molecule has 8 nitrogen and oxygen atoms in total. The molecular formula is C25H26IN5O3S. The first-order valence-corrected chi connectivity index (χ1v) is 14.5. The number of hydrogen-bond acceptors (Lipinski definition) is 7. The van der Waals surface area contributed by atoms with Gasteiger partial charge >= 0.3 is 0 Å². The minimum atomic E-state index is -3.58. The first kappa shape index (κ1) is 24.0. The van der Waals surface area contributed by atoms with Gasteiger partial charge in [-0.15, -0.1) is 0 Å². The summed E-state index contributed by atoms with van der Waals surface area (Å²) in [7, 11) is -3.58. The van der Waals surface area contributed by atoms with Crippen molar-refractivity contribution in [1.29, 1.82) is 0 Å². The van der Waals surface area contributed by atoms with Crippen molar-refractivity contribution in [3.8, 4) is 5.88 Å². The van der Waals surface area contributed by atoms with Gasteiger partial charge in [0.25, 0.3) is 0 Å². The third kappa shape index (κ3) is 5.14. The van der Waals surface area contributed by atoms with Gasteiger partial charge in [0, 0.05) is 27.8 Å². The first-order valence-electron chi connectivity index (χ1n) is 11.5. The summed E-state index contributed by atoms with van der Waals surface area (Å²) in [5, 5.41) is 7.85. The van der Waals surface area contributed by atoms with Crippen LogP contribution in [0.3, 0.4) is 0 Å². The Hall–Kier alpha value is -2.70. The highest BCUT2D eigenvalue weighted by atomic mass is 127. The lowest BCUT2D eigenvalue weighted by atomic mass is 9.94. The van der Waals surface area contributed by atoms with Crippen LogP contribution < -0.4 is 15.8 Å². The molecule has 2 heterocycles. The molecule has 0 bridgehead atoms. The third-order valence-corrected chi connectivity index (χ3v) is 8.77. The molecule has 3 N–H and O–H groups in total. The average molecular weight is 603 g/mol. The van der Waals surface area contributed by atoms with Crippen LogP contribution >= 0.6 is 22.6 Å². The number of sulfone groups is 1. The number of hydrogen-bond donors (Lipinski definition) is 2. The monoisotopic (exact) mass is 603 g/mol. The fourth-order valence-electron chi connectivity index (χ4n) is 4.21. The minimum absolute atomic E-state index is 0.0889. The van der Waals surface area contributed by atoms with Crippen LogP contribution in [0.1, 0.15) is 31.2 Å². The molecule has 1 fully saturated rings. The number of nitrogens with two attached hydrogens (primary N) is 1. The highest BCUT2D eigenvalue weighted by Gasteiger charge is 2.22. The fraction of sp³-hybridized carbons (Fsp3) is 0.280. The minimum Gasteiger partial charge on any atom is -0.474 e. The summed E-state index contributed by atoms with van der Waals surface area (Å²) in [6.45, 7) is 0. The summed E-state index contributed by atoms with van der Waals surface area (Å²) in [5.74, 6) is 1.22. The van der Waals surface area contributed by atoms with E-state index in [9.17, 15) is 8.42 Å². The van der Waals surface area contributed by atoms with E-state index in [-0.39, 0.29) is 21.9 Å². The van der Waals surface area contributed by atoms with Crippen LogP contribution in [0, 0.1) is 0 Å². The summed E-state index contributed by atoms with van der Waals surface area (Å²) in [4.78, 5) is 5.23. The van der Waals surface area contributed by atoms with Crippen molar-refractivity contribution in [3.63, 3.8) is 0 Å². The second kappa shape index (κ2) is 10.1. The Morgan fingerprint density at radius 3 is 2.40 bits per heavy atom. The van der Waals surface area contributed by atoms with Crippen LogP contribution in [-0.2, 0) is 14.3 Å². The molecule has 2 aromatic heterocycles. The van der Waals surface area contributed by atoms with Crippen LogP contribution in [-0.4, -0.2) is 35.2 Å². The molecule has 0 unspecified atom stereocenters. The second-order valence-corrected chi connectivity index (χ2v) is 11.4. The molecule has 4 aromatic rings. The average Bonchev–Trinajstić information content (AvgIpc) is 3.30. The second-order valence-electron chi connectivity index (χ2n) is 8.64. The molecule has 182 valence electrons. The number of aromatic nitrogens is 3. The molecular weight excluding hydrogens is 577 g/mol. The Labute approximate surface area is 218 Å². The van der Waals surface area contributed by atoms with Gasteiger partial charge in [0.1, 0.15) is 11.9 Å². The molecule has 2 aromatic carbocycles. The number of alkyl halides is 1. The molecule has 0 radical (unpaired) electrons. The zero-order valence-electron chi connectivity index (χ0n) is 19.0. The van der Waals surface area contributed by atoms with Crippen LogP contribution in [0.2, 0.25) is 0 Å². The van der Waals surface area contributed by atoms with Gasteiger partial charge in [-0.2, -0.15) is 14.6 Å². The number of rotatable bonds is 7. The highest BCUT2D eigenvalue weighted by molar-refractivity contribution is 14.1. The number of nitrogens with zero attached hydrogens (tertiary/aromatic N) is 3. The van der Waals surface area contributed by atoms with E-state index in [2.05, 4.69) is 33.0 Å². The van der Waals surface area contributed by atoms with E-state index in [1.807, 2.05) is 6.07 Å². The van der Waals surface area contributed by atoms with Gasteiger partial charge in [-0.25, -0.2) is 8.42 Å². The Balaban J connectivity index is 1.42. The zero-order valence-corrected chi connectivity index (χ0v) is 21.9. The van der Waals surface area contributed by atoms with Crippen LogP contribution in [0.25, 0.3) is 5.65 Å². The summed E-state index contributed by atoms with van der Waals surface area (Å²) < 4.78 is 34.6. The van der Waals surface area contributed by atoms with E-state index in [4.69, 9.17) is 15.5 Å². The molecule has 0 spiro atoms. The van der Waals surface area contributed by atoms with E-state index < -0.39 is 9.84 Å². The Morgan fingerprint density at radius 2 is 1.71 bits per heavy atom. The first-order chi connectivity index (χ1) is 16.9. The molecule has 0 aliphatic heterocycles. The summed E-state index contributed by atoms with van der Waals surface area (Å²) >= 11 is 2.29. The summed E-state index contributed by atoms with van der Waals surface area (Å²) in [6, 6.07) is 17.2. The number of halogens is 1. The molecule has 1 aliphatic rings. The normalized spacial score (nSPS) is 18.5. The predicted molar refractivity (Wildman–Crippen MR) is 143 cm³/mol. The van der Waals surface area contributed by atoms with Gasteiger partial charge in [-0.05, 0) is 62.1 Å². The molecule has 0 saturated heterocycles. The molecule has 0 atom stereocenters. The van der Waals surface area contributed by atoms with Gasteiger partial charge in [-0.1, -0.05) is 40.8 Å². The van der Waals surface area contributed by atoms with Gasteiger partial charge in [-0.3, -0.25) is 0 Å². The van der Waals surface area contributed by atoms with Crippen molar-refractivity contribution in [2.24, 2.45) is 5.73 Å². The van der Waals surface area contributed by atoms with Crippen LogP contribution in [0.15, 0.2) is 76.7 Å². The summed E-state index contributed by atoms with van der Waals surface area (Å²) in [5.41, 5.74) is 8.51. The molecule has 0 amide bonds. The van der Waals surface area contributed by atoms with Crippen molar-refractivity contribution in [2.45, 2.75) is 52.0 Å². The molecule has 1 aliphatic carbocycles. The molecule has 5 rings (SSSR count). The number of benzene rings is 2. The van der Waals surface area contributed by atoms with Crippen LogP contribution in [0.5, 0.6) is 5.88 Å². The molecule has 35 heavy (non-hydrogen) atoms. The van der Waals surface area contributed by atoms with Gasteiger partial charge in [0.2, 0.25) is 15.7 Å². The number of nitrogens with one attached hydrogen (secondary N) is 1. The summed E-state index contributed by atoms with van der Waals surface area (Å²) in [6.07, 6.45) is 5.60. The lowest BCUT2D eigenvalue weighted by Crippen LogP contribution is -2.31. The maximum absolute atomic E-state index is 12.9. The van der Waals surface area contributed by atoms with Crippen molar-refractivity contribution >= 4 is 49.6 Å². The van der Waals surface area contributed by atoms with E-state index in [0.29, 0.717) is 11.7 Å². The lowest BCUT2D eigenvalue weighted by Gasteiger charge is -2.26. The predicted octanol–water partition coefficient (Wildman–Crippen LogP) is 4.89. The number of ether oxygens (including phenoxy) is 1. The van der Waals surface area contributed by atoms with Crippen molar-refractivity contribution in [1.82, 2.24) is 14.6 Å². The van der Waals surface area contributed by atoms with Gasteiger partial charge in [0.15, 0.2) is 5.65 Å². The topological polar surface area (TPSA) is 112 Å². The molecule has 10 heteroatoms. The molecule has 1 saturated carbocycles. The highest BCUT2D eigenvalue weighted by Crippen LogP contribution is 2.29. The Bertz CT molecular complexity index is 1420. The smallest absolute Gasteiger partial charge is 0.219 e. The SMILES string of the molecule is N[C@H]1CC[C@H](Oc2cc(Nc3ccc(S(=O)(=O)c4ccccc4)cc3)n3ncc(CI)c3n2)CC1. The van der Waals surface area contributed by atoms with Crippen molar-refractivity contribution in [3.05, 3.63) is 72.4 Å². The maximum Gasteiger partial charge on any atom is 0.219 e. The van der Waals surface area contributed by atoms with E-state index >= 15 is 0 Å².